The van der Waals surface area contributed by atoms with E-state index in [0.29, 0.717) is 19.0 Å². The van der Waals surface area contributed by atoms with Gasteiger partial charge in [0.2, 0.25) is 0 Å². The molecule has 6 nitrogen and oxygen atoms in total. The van der Waals surface area contributed by atoms with E-state index >= 15 is 0 Å². The first-order valence-corrected chi connectivity index (χ1v) is 12.3. The van der Waals surface area contributed by atoms with Crippen LogP contribution in [0.15, 0.2) is 54.9 Å². The molecular formula is C27H36N4O2. The van der Waals surface area contributed by atoms with Crippen molar-refractivity contribution in [2.75, 3.05) is 32.7 Å². The normalized spacial score (nSPS) is 18.6. The number of imide groups is 1. The second-order valence-corrected chi connectivity index (χ2v) is 9.82. The first kappa shape index (κ1) is 23.4. The summed E-state index contributed by atoms with van der Waals surface area (Å²) >= 11 is 0. The average Bonchev–Trinajstić information content (AvgIpc) is 3.01. The van der Waals surface area contributed by atoms with Crippen molar-refractivity contribution in [1.82, 2.24) is 19.7 Å². The molecule has 2 aliphatic heterocycles. The number of rotatable bonds is 9. The fourth-order valence-electron chi connectivity index (χ4n) is 5.15. The summed E-state index contributed by atoms with van der Waals surface area (Å²) in [6, 6.07) is 14.4. The minimum absolute atomic E-state index is 0.0158. The lowest BCUT2D eigenvalue weighted by molar-refractivity contribution is -0.135. The molecule has 176 valence electrons. The average molecular weight is 449 g/mol. The number of aromatic nitrogens is 1. The maximum atomic E-state index is 13.6. The van der Waals surface area contributed by atoms with E-state index in [9.17, 15) is 9.59 Å². The number of urea groups is 1. The molecule has 1 spiro atoms. The Morgan fingerprint density at radius 2 is 1.67 bits per heavy atom. The summed E-state index contributed by atoms with van der Waals surface area (Å²) in [4.78, 5) is 37.0. The molecular weight excluding hydrogens is 412 g/mol. The number of piperidine rings is 1. The molecule has 2 saturated heterocycles. The Labute approximate surface area is 197 Å². The van der Waals surface area contributed by atoms with Crippen molar-refractivity contribution in [3.8, 4) is 0 Å². The molecule has 2 aliphatic rings. The van der Waals surface area contributed by atoms with E-state index in [-0.39, 0.29) is 11.9 Å². The Kier molecular flexibility index (Phi) is 7.43. The molecule has 0 saturated carbocycles. The lowest BCUT2D eigenvalue weighted by Gasteiger charge is -2.42. The zero-order valence-corrected chi connectivity index (χ0v) is 19.9. The van der Waals surface area contributed by atoms with Crippen LogP contribution in [0.5, 0.6) is 0 Å². The quantitative estimate of drug-likeness (QED) is 0.544. The summed E-state index contributed by atoms with van der Waals surface area (Å²) in [6.07, 6.45) is 7.64. The molecule has 1 aromatic heterocycles. The van der Waals surface area contributed by atoms with E-state index in [1.165, 1.54) is 10.5 Å². The van der Waals surface area contributed by atoms with Crippen molar-refractivity contribution in [1.29, 1.82) is 0 Å². The third-order valence-electron chi connectivity index (χ3n) is 6.98. The summed E-state index contributed by atoms with van der Waals surface area (Å²) in [5, 5.41) is 0. The predicted octanol–water partition coefficient (Wildman–Crippen LogP) is 4.01. The first-order valence-electron chi connectivity index (χ1n) is 12.3. The second kappa shape index (κ2) is 10.5. The number of aryl methyl sites for hydroxylation is 1. The van der Waals surface area contributed by atoms with E-state index in [1.54, 1.807) is 6.20 Å². The van der Waals surface area contributed by atoms with Crippen LogP contribution in [0, 0.1) is 5.92 Å². The van der Waals surface area contributed by atoms with Crippen LogP contribution in [-0.4, -0.2) is 69.9 Å². The van der Waals surface area contributed by atoms with Gasteiger partial charge >= 0.3 is 6.03 Å². The number of hydrogen-bond acceptors (Lipinski definition) is 4. The minimum atomic E-state index is -0.668. The van der Waals surface area contributed by atoms with Gasteiger partial charge in [-0.3, -0.25) is 14.7 Å². The number of amides is 3. The number of benzene rings is 1. The maximum absolute atomic E-state index is 13.6. The number of carbonyl (C=O) groups excluding carboxylic acids is 2. The van der Waals surface area contributed by atoms with Crippen LogP contribution in [0.2, 0.25) is 0 Å². The minimum Gasteiger partial charge on any atom is -0.309 e. The monoisotopic (exact) mass is 448 g/mol. The van der Waals surface area contributed by atoms with E-state index in [1.807, 2.05) is 29.3 Å². The van der Waals surface area contributed by atoms with Gasteiger partial charge in [-0.05, 0) is 55.2 Å². The molecule has 0 aliphatic carbocycles. The molecule has 1 aromatic carbocycles. The van der Waals surface area contributed by atoms with Gasteiger partial charge in [-0.25, -0.2) is 4.79 Å². The van der Waals surface area contributed by atoms with Crippen LogP contribution in [0.1, 0.15) is 44.2 Å². The van der Waals surface area contributed by atoms with Crippen LogP contribution in [-0.2, 0) is 17.6 Å². The van der Waals surface area contributed by atoms with Crippen molar-refractivity contribution in [2.24, 2.45) is 5.92 Å². The Bertz CT molecular complexity index is 924. The summed E-state index contributed by atoms with van der Waals surface area (Å²) in [6.45, 7) is 8.03. The van der Waals surface area contributed by atoms with E-state index in [2.05, 4.69) is 48.0 Å². The zero-order chi connectivity index (χ0) is 23.3. The summed E-state index contributed by atoms with van der Waals surface area (Å²) in [5.41, 5.74) is 1.81. The van der Waals surface area contributed by atoms with E-state index < -0.39 is 5.54 Å². The van der Waals surface area contributed by atoms with Gasteiger partial charge in [0.15, 0.2) is 0 Å². The van der Waals surface area contributed by atoms with Gasteiger partial charge in [0.1, 0.15) is 5.54 Å². The van der Waals surface area contributed by atoms with Crippen molar-refractivity contribution in [3.05, 3.63) is 66.0 Å². The summed E-state index contributed by atoms with van der Waals surface area (Å²) in [5.74, 6) is 0.340. The van der Waals surface area contributed by atoms with Gasteiger partial charge in [-0.15, -0.1) is 0 Å². The Morgan fingerprint density at radius 3 is 2.33 bits per heavy atom. The van der Waals surface area contributed by atoms with Crippen LogP contribution < -0.4 is 0 Å². The standard InChI is InChI=1S/C27H36N4O2/c1-22(2)21-31-26(33)30(16-7-11-24-10-6-15-28-20-24)25(32)27(31)13-18-29(19-14-27)17-12-23-8-4-3-5-9-23/h3-6,8-10,15,20,22H,7,11-14,16-19,21H2,1-2H3. The number of hydrogen-bond donors (Lipinski definition) is 0. The molecule has 0 unspecified atom stereocenters. The largest absolute Gasteiger partial charge is 0.327 e. The van der Waals surface area contributed by atoms with Crippen molar-refractivity contribution in [3.63, 3.8) is 0 Å². The van der Waals surface area contributed by atoms with Crippen LogP contribution in [0.25, 0.3) is 0 Å². The Hall–Kier alpha value is -2.73. The third kappa shape index (κ3) is 5.27. The predicted molar refractivity (Wildman–Crippen MR) is 130 cm³/mol. The molecule has 4 rings (SSSR count). The van der Waals surface area contributed by atoms with Crippen LogP contribution >= 0.6 is 0 Å². The number of nitrogens with zero attached hydrogens (tertiary/aromatic N) is 4. The molecule has 3 amide bonds. The van der Waals surface area contributed by atoms with Gasteiger partial charge in [-0.2, -0.15) is 0 Å². The van der Waals surface area contributed by atoms with Crippen molar-refractivity contribution >= 4 is 11.9 Å². The first-order chi connectivity index (χ1) is 16.0. The van der Waals surface area contributed by atoms with Gasteiger partial charge in [0.25, 0.3) is 5.91 Å². The van der Waals surface area contributed by atoms with E-state index in [4.69, 9.17) is 0 Å². The maximum Gasteiger partial charge on any atom is 0.327 e. The fourth-order valence-corrected chi connectivity index (χ4v) is 5.15. The molecule has 0 radical (unpaired) electrons. The second-order valence-electron chi connectivity index (χ2n) is 9.82. The van der Waals surface area contributed by atoms with Crippen molar-refractivity contribution < 1.29 is 9.59 Å². The molecule has 6 heteroatoms. The lowest BCUT2D eigenvalue weighted by Crippen LogP contribution is -2.57. The van der Waals surface area contributed by atoms with Gasteiger partial charge in [0, 0.05) is 45.1 Å². The summed E-state index contributed by atoms with van der Waals surface area (Å²) in [7, 11) is 0. The Balaban J connectivity index is 1.39. The van der Waals surface area contributed by atoms with Gasteiger partial charge in [0.05, 0.1) is 0 Å². The number of carbonyl (C=O) groups is 2. The highest BCUT2D eigenvalue weighted by Gasteiger charge is 2.57. The highest BCUT2D eigenvalue weighted by atomic mass is 16.2. The molecule has 2 fully saturated rings. The highest BCUT2D eigenvalue weighted by molar-refractivity contribution is 6.07. The van der Waals surface area contributed by atoms with Gasteiger partial charge in [-0.1, -0.05) is 50.2 Å². The van der Waals surface area contributed by atoms with Crippen LogP contribution in [0.3, 0.4) is 0 Å². The fraction of sp³-hybridized carbons (Fsp3) is 0.519. The molecule has 3 heterocycles. The molecule has 2 aromatic rings. The Morgan fingerprint density at radius 1 is 0.939 bits per heavy atom. The topological polar surface area (TPSA) is 56.8 Å². The SMILES string of the molecule is CC(C)CN1C(=O)N(CCCc2cccnc2)C(=O)C12CCN(CCc1ccccc1)CC2. The zero-order valence-electron chi connectivity index (χ0n) is 19.9. The molecule has 33 heavy (non-hydrogen) atoms. The van der Waals surface area contributed by atoms with Gasteiger partial charge < -0.3 is 9.80 Å². The lowest BCUT2D eigenvalue weighted by atomic mass is 9.85. The van der Waals surface area contributed by atoms with Crippen molar-refractivity contribution in [2.45, 2.75) is 51.5 Å². The third-order valence-corrected chi connectivity index (χ3v) is 6.98. The molecule has 0 atom stereocenters. The van der Waals surface area contributed by atoms with E-state index in [0.717, 1.165) is 57.3 Å². The number of pyridine rings is 1. The molecule has 0 bridgehead atoms. The summed E-state index contributed by atoms with van der Waals surface area (Å²) < 4.78 is 0. The number of likely N-dealkylation sites (tertiary alicyclic amines) is 1. The highest BCUT2D eigenvalue weighted by Crippen LogP contribution is 2.38. The molecule has 0 N–H and O–H groups in total. The smallest absolute Gasteiger partial charge is 0.309 e. The van der Waals surface area contributed by atoms with Crippen LogP contribution in [0.4, 0.5) is 4.79 Å².